The molecule has 246 valence electrons. The van der Waals surface area contributed by atoms with Crippen LogP contribution in [0.2, 0.25) is 5.02 Å². The molecular formula is C36H36ClF2N3O4S. The van der Waals surface area contributed by atoms with Crippen LogP contribution in [0.3, 0.4) is 0 Å². The molecule has 1 unspecified atom stereocenters. The van der Waals surface area contributed by atoms with E-state index in [1.54, 1.807) is 24.1 Å². The number of hydrogen-bond acceptors (Lipinski definition) is 5. The van der Waals surface area contributed by atoms with Crippen LogP contribution in [0.4, 0.5) is 13.6 Å². The maximum Gasteiger partial charge on any atom is 0.404 e. The summed E-state index contributed by atoms with van der Waals surface area (Å²) in [5.74, 6) is -1.18. The Morgan fingerprint density at radius 3 is 2.28 bits per heavy atom. The smallest absolute Gasteiger partial charge is 0.404 e. The average Bonchev–Trinajstić information content (AvgIpc) is 3.41. The lowest BCUT2D eigenvalue weighted by atomic mass is 9.72. The third-order valence-corrected chi connectivity index (χ3v) is 10.6. The molecule has 0 spiro atoms. The Bertz CT molecular complexity index is 1840. The highest BCUT2D eigenvalue weighted by Gasteiger charge is 2.39. The van der Waals surface area contributed by atoms with Gasteiger partial charge in [-0.3, -0.25) is 4.79 Å². The van der Waals surface area contributed by atoms with Crippen LogP contribution in [0.25, 0.3) is 21.2 Å². The first-order chi connectivity index (χ1) is 22.3. The van der Waals surface area contributed by atoms with Crippen molar-refractivity contribution in [2.45, 2.75) is 65.1 Å². The monoisotopic (exact) mass is 679 g/mol. The normalized spacial score (nSPS) is 17.1. The van der Waals surface area contributed by atoms with Crippen LogP contribution < -0.4 is 10.1 Å². The van der Waals surface area contributed by atoms with E-state index in [9.17, 15) is 28.7 Å². The molecule has 0 aliphatic heterocycles. The second-order valence-electron chi connectivity index (χ2n) is 13.0. The molecule has 1 fully saturated rings. The van der Waals surface area contributed by atoms with Gasteiger partial charge in [-0.05, 0) is 84.5 Å². The number of carbonyl (C=O) groups excluding carboxylic acids is 1. The molecule has 5 rings (SSSR count). The Morgan fingerprint density at radius 1 is 1.06 bits per heavy atom. The average molecular weight is 680 g/mol. The molecule has 0 radical (unpaired) electrons. The number of nitriles is 1. The fourth-order valence-corrected chi connectivity index (χ4v) is 8.16. The zero-order valence-electron chi connectivity index (χ0n) is 26.6. The van der Waals surface area contributed by atoms with Crippen molar-refractivity contribution in [3.63, 3.8) is 0 Å². The van der Waals surface area contributed by atoms with Crippen molar-refractivity contribution in [2.75, 3.05) is 7.11 Å². The van der Waals surface area contributed by atoms with Gasteiger partial charge in [-0.25, -0.2) is 13.6 Å². The van der Waals surface area contributed by atoms with E-state index in [2.05, 4.69) is 11.4 Å². The summed E-state index contributed by atoms with van der Waals surface area (Å²) in [6, 6.07) is 16.4. The highest BCUT2D eigenvalue weighted by molar-refractivity contribution is 7.21. The summed E-state index contributed by atoms with van der Waals surface area (Å²) in [4.78, 5) is 27.9. The molecule has 47 heavy (non-hydrogen) atoms. The SMILES string of the molecule is COc1ccc(-c2ccc(C#N)cc2)cc1CN(C(=O)c1sc2c(F)ccc(F)c2c1Cl)C1CCC(C(NC(=O)O)C(C)(C)C)CC1. The van der Waals surface area contributed by atoms with Crippen LogP contribution in [0.1, 0.15) is 67.3 Å². The zero-order chi connectivity index (χ0) is 34.0. The molecule has 1 aliphatic rings. The first-order valence-corrected chi connectivity index (χ1v) is 16.6. The van der Waals surface area contributed by atoms with E-state index in [1.165, 1.54) is 0 Å². The number of fused-ring (bicyclic) bond motifs is 1. The van der Waals surface area contributed by atoms with E-state index < -0.39 is 23.6 Å². The number of thiophene rings is 1. The lowest BCUT2D eigenvalue weighted by molar-refractivity contribution is 0.0543. The first kappa shape index (κ1) is 34.1. The van der Waals surface area contributed by atoms with Crippen LogP contribution in [-0.2, 0) is 6.54 Å². The summed E-state index contributed by atoms with van der Waals surface area (Å²) >= 11 is 7.45. The molecule has 2 amide bonds. The van der Waals surface area contributed by atoms with Crippen LogP contribution >= 0.6 is 22.9 Å². The summed E-state index contributed by atoms with van der Waals surface area (Å²) in [6.45, 7) is 6.15. The van der Waals surface area contributed by atoms with Gasteiger partial charge < -0.3 is 20.1 Å². The second-order valence-corrected chi connectivity index (χ2v) is 14.4. The summed E-state index contributed by atoms with van der Waals surface area (Å²) < 4.78 is 35.3. The van der Waals surface area contributed by atoms with Gasteiger partial charge in [-0.2, -0.15) is 5.26 Å². The minimum absolute atomic E-state index is 0.0184. The van der Waals surface area contributed by atoms with E-state index in [0.717, 1.165) is 40.2 Å². The Morgan fingerprint density at radius 2 is 1.70 bits per heavy atom. The number of halogens is 3. The van der Waals surface area contributed by atoms with Gasteiger partial charge in [0.15, 0.2) is 0 Å². The molecule has 3 aromatic carbocycles. The van der Waals surface area contributed by atoms with Gasteiger partial charge in [0, 0.05) is 24.2 Å². The third-order valence-electron chi connectivity index (χ3n) is 8.97. The number of hydrogen-bond donors (Lipinski definition) is 2. The number of nitrogens with zero attached hydrogens (tertiary/aromatic N) is 2. The maximum absolute atomic E-state index is 14.8. The lowest BCUT2D eigenvalue weighted by Crippen LogP contribution is -2.50. The molecule has 4 aromatic rings. The standard InChI is InChI=1S/C36H36ClF2N3O4S/c1-36(2,3)33(41-35(44)45)22-9-12-25(13-10-22)42(34(43)32-30(37)29-26(38)14-15-27(39)31(29)47-32)19-24-17-23(11-16-28(24)46-4)21-7-5-20(18-40)6-8-21/h5-8,11,14-17,22,25,33,41H,9-10,12-13,19H2,1-4H3,(H,44,45). The molecule has 1 heterocycles. The quantitative estimate of drug-likeness (QED) is 0.193. The highest BCUT2D eigenvalue weighted by atomic mass is 35.5. The van der Waals surface area contributed by atoms with E-state index >= 15 is 0 Å². The fraction of sp³-hybridized carbons (Fsp3) is 0.361. The predicted molar refractivity (Wildman–Crippen MR) is 180 cm³/mol. The van der Waals surface area contributed by atoms with Gasteiger partial charge >= 0.3 is 6.09 Å². The van der Waals surface area contributed by atoms with Crippen molar-refractivity contribution < 1.29 is 28.2 Å². The number of benzene rings is 3. The molecule has 0 saturated heterocycles. The van der Waals surface area contributed by atoms with Crippen LogP contribution in [-0.4, -0.2) is 41.2 Å². The van der Waals surface area contributed by atoms with Crippen molar-refractivity contribution in [1.29, 1.82) is 5.26 Å². The van der Waals surface area contributed by atoms with Crippen molar-refractivity contribution in [2.24, 2.45) is 11.3 Å². The maximum atomic E-state index is 14.8. The Balaban J connectivity index is 1.53. The predicted octanol–water partition coefficient (Wildman–Crippen LogP) is 9.26. The third kappa shape index (κ3) is 7.21. The second kappa shape index (κ2) is 13.9. The van der Waals surface area contributed by atoms with E-state index in [4.69, 9.17) is 16.3 Å². The number of ether oxygens (including phenoxy) is 1. The van der Waals surface area contributed by atoms with Crippen molar-refractivity contribution in [3.05, 3.63) is 87.3 Å². The van der Waals surface area contributed by atoms with Gasteiger partial charge in [-0.15, -0.1) is 11.3 Å². The molecule has 2 N–H and O–H groups in total. The summed E-state index contributed by atoms with van der Waals surface area (Å²) in [5, 5.41) is 21.2. The minimum Gasteiger partial charge on any atom is -0.496 e. The summed E-state index contributed by atoms with van der Waals surface area (Å²) in [7, 11) is 1.55. The lowest BCUT2D eigenvalue weighted by Gasteiger charge is -2.43. The number of methoxy groups -OCH3 is 1. The summed E-state index contributed by atoms with van der Waals surface area (Å²) in [5.41, 5.74) is 2.68. The van der Waals surface area contributed by atoms with Gasteiger partial charge in [0.1, 0.15) is 22.3 Å². The largest absolute Gasteiger partial charge is 0.496 e. The van der Waals surface area contributed by atoms with Crippen LogP contribution in [0.5, 0.6) is 5.75 Å². The van der Waals surface area contributed by atoms with Gasteiger partial charge in [-0.1, -0.05) is 50.6 Å². The molecule has 7 nitrogen and oxygen atoms in total. The summed E-state index contributed by atoms with van der Waals surface area (Å²) in [6.07, 6.45) is 1.45. The zero-order valence-corrected chi connectivity index (χ0v) is 28.1. The van der Waals surface area contributed by atoms with E-state index in [-0.39, 0.29) is 49.9 Å². The molecule has 1 aromatic heterocycles. The van der Waals surface area contributed by atoms with E-state index in [1.807, 2.05) is 51.1 Å². The Hall–Kier alpha value is -4.20. The van der Waals surface area contributed by atoms with Gasteiger partial charge in [0.05, 0.1) is 33.9 Å². The highest BCUT2D eigenvalue weighted by Crippen LogP contribution is 2.42. The van der Waals surface area contributed by atoms with Crippen molar-refractivity contribution >= 4 is 45.0 Å². The molecular weight excluding hydrogens is 644 g/mol. The number of carbonyl (C=O) groups is 2. The van der Waals surface area contributed by atoms with Gasteiger partial charge in [0.2, 0.25) is 0 Å². The van der Waals surface area contributed by atoms with Crippen molar-refractivity contribution in [1.82, 2.24) is 10.2 Å². The number of amides is 2. The first-order valence-electron chi connectivity index (χ1n) is 15.4. The number of nitrogens with one attached hydrogen (secondary N) is 1. The molecule has 1 aliphatic carbocycles. The number of rotatable bonds is 8. The van der Waals surface area contributed by atoms with E-state index in [0.29, 0.717) is 37.0 Å². The number of carboxylic acid groups (broad SMARTS) is 1. The Kier molecular flexibility index (Phi) is 10.1. The Labute approximate surface area is 281 Å². The van der Waals surface area contributed by atoms with Crippen molar-refractivity contribution in [3.8, 4) is 22.9 Å². The van der Waals surface area contributed by atoms with Crippen LogP contribution in [0.15, 0.2) is 54.6 Å². The topological polar surface area (TPSA) is 103 Å². The molecule has 0 bridgehead atoms. The minimum atomic E-state index is -1.07. The molecule has 1 saturated carbocycles. The molecule has 1 atom stereocenters. The molecule has 11 heteroatoms. The van der Waals surface area contributed by atoms with Gasteiger partial charge in [0.25, 0.3) is 5.91 Å². The van der Waals surface area contributed by atoms with Crippen LogP contribution in [0, 0.1) is 34.3 Å². The fourth-order valence-electron chi connectivity index (χ4n) is 6.66.